The number of rotatable bonds is 7. The summed E-state index contributed by atoms with van der Waals surface area (Å²) >= 11 is 5.92. The number of halogens is 1. The number of ether oxygens (including phenoxy) is 1. The van der Waals surface area contributed by atoms with Crippen LogP contribution in [0.5, 0.6) is 0 Å². The normalized spacial score (nSPS) is 15.3. The summed E-state index contributed by atoms with van der Waals surface area (Å²) in [4.78, 5) is 33.4. The van der Waals surface area contributed by atoms with Gasteiger partial charge >= 0.3 is 5.97 Å². The van der Waals surface area contributed by atoms with Gasteiger partial charge in [-0.1, -0.05) is 12.8 Å². The number of carbonyl (C=O) groups is 1. The Morgan fingerprint density at radius 3 is 2.71 bits per heavy atom. The third-order valence-corrected chi connectivity index (χ3v) is 4.43. The zero-order chi connectivity index (χ0) is 17.7. The third kappa shape index (κ3) is 4.20. The summed E-state index contributed by atoms with van der Waals surface area (Å²) in [5, 5.41) is 3.07. The van der Waals surface area contributed by atoms with Crippen molar-refractivity contribution in [3.8, 4) is 0 Å². The van der Waals surface area contributed by atoms with E-state index >= 15 is 0 Å². The monoisotopic (exact) mass is 354 g/mol. The van der Waals surface area contributed by atoms with Crippen LogP contribution < -0.4 is 4.90 Å². The molecule has 0 aromatic carbocycles. The fourth-order valence-corrected chi connectivity index (χ4v) is 3.16. The lowest BCUT2D eigenvalue weighted by atomic mass is 9.92. The van der Waals surface area contributed by atoms with Gasteiger partial charge in [0.2, 0.25) is 5.28 Å². The quantitative estimate of drug-likeness (QED) is 0.420. The number of hydrogen-bond acceptors (Lipinski definition) is 7. The summed E-state index contributed by atoms with van der Waals surface area (Å²) in [5.41, 5.74) is -0.623. The van der Waals surface area contributed by atoms with Crippen LogP contribution in [0.2, 0.25) is 5.28 Å². The van der Waals surface area contributed by atoms with Crippen LogP contribution in [0.1, 0.15) is 46.5 Å². The summed E-state index contributed by atoms with van der Waals surface area (Å²) in [5.74, 6) is 0.100. The molecule has 1 aliphatic rings. The van der Waals surface area contributed by atoms with E-state index in [0.717, 1.165) is 25.7 Å². The van der Waals surface area contributed by atoms with Crippen molar-refractivity contribution in [2.45, 2.75) is 52.5 Å². The van der Waals surface area contributed by atoms with Gasteiger partial charge in [-0.05, 0) is 50.4 Å². The molecule has 0 radical (unpaired) electrons. The predicted octanol–water partition coefficient (Wildman–Crippen LogP) is 3.87. The lowest BCUT2D eigenvalue weighted by molar-refractivity contribution is -0.152. The molecule has 7 nitrogen and oxygen atoms in total. The Hall–Kier alpha value is -1.76. The van der Waals surface area contributed by atoms with Gasteiger partial charge in [-0.3, -0.25) is 4.79 Å². The first-order valence-electron chi connectivity index (χ1n) is 8.18. The van der Waals surface area contributed by atoms with Crippen molar-refractivity contribution in [3.63, 3.8) is 0 Å². The van der Waals surface area contributed by atoms with Crippen LogP contribution in [0.3, 0.4) is 0 Å². The highest BCUT2D eigenvalue weighted by molar-refractivity contribution is 6.28. The molecule has 0 aliphatic heterocycles. The maximum Gasteiger partial charge on any atom is 0.313 e. The standard InChI is InChI=1S/C16H23ClN4O3/c1-4-24-14(22)16(2,3)10-21(11-7-5-6-8-11)13-12(20-23)9-18-15(17)19-13/h9,11H,4-8,10H2,1-3H3. The Morgan fingerprint density at radius 1 is 1.46 bits per heavy atom. The minimum atomic E-state index is -0.754. The van der Waals surface area contributed by atoms with Gasteiger partial charge in [0.1, 0.15) is 0 Å². The Balaban J connectivity index is 2.37. The van der Waals surface area contributed by atoms with E-state index in [1.807, 2.05) is 18.7 Å². The van der Waals surface area contributed by atoms with Gasteiger partial charge in [-0.15, -0.1) is 4.91 Å². The number of hydrogen-bond donors (Lipinski definition) is 0. The first kappa shape index (κ1) is 18.6. The van der Waals surface area contributed by atoms with Crippen LogP contribution >= 0.6 is 11.6 Å². The van der Waals surface area contributed by atoms with Crippen LogP contribution in [0, 0.1) is 10.3 Å². The molecule has 1 aromatic heterocycles. The summed E-state index contributed by atoms with van der Waals surface area (Å²) in [7, 11) is 0. The van der Waals surface area contributed by atoms with Crippen molar-refractivity contribution in [1.29, 1.82) is 0 Å². The average molecular weight is 355 g/mol. The highest BCUT2D eigenvalue weighted by atomic mass is 35.5. The molecule has 0 saturated heterocycles. The van der Waals surface area contributed by atoms with Crippen LogP contribution in [0.25, 0.3) is 0 Å². The van der Waals surface area contributed by atoms with Crippen molar-refractivity contribution in [3.05, 3.63) is 16.4 Å². The number of aromatic nitrogens is 2. The van der Waals surface area contributed by atoms with Gasteiger partial charge in [0.25, 0.3) is 0 Å². The molecule has 0 N–H and O–H groups in total. The maximum absolute atomic E-state index is 12.3. The van der Waals surface area contributed by atoms with E-state index in [4.69, 9.17) is 16.3 Å². The van der Waals surface area contributed by atoms with E-state index in [0.29, 0.717) is 19.0 Å². The second kappa shape index (κ2) is 7.88. The van der Waals surface area contributed by atoms with Crippen molar-refractivity contribution in [2.75, 3.05) is 18.1 Å². The lowest BCUT2D eigenvalue weighted by Gasteiger charge is -2.36. The first-order chi connectivity index (χ1) is 11.4. The Morgan fingerprint density at radius 2 is 2.12 bits per heavy atom. The summed E-state index contributed by atoms with van der Waals surface area (Å²) < 4.78 is 5.18. The van der Waals surface area contributed by atoms with Crippen molar-refractivity contribution in [1.82, 2.24) is 9.97 Å². The molecule has 132 valence electrons. The fourth-order valence-electron chi connectivity index (χ4n) is 3.03. The van der Waals surface area contributed by atoms with Crippen LogP contribution in [0.4, 0.5) is 11.5 Å². The molecule has 8 heteroatoms. The van der Waals surface area contributed by atoms with E-state index in [-0.39, 0.29) is 23.0 Å². The molecular weight excluding hydrogens is 332 g/mol. The van der Waals surface area contributed by atoms with E-state index in [9.17, 15) is 9.70 Å². The van der Waals surface area contributed by atoms with E-state index in [1.54, 1.807) is 6.92 Å². The smallest absolute Gasteiger partial charge is 0.313 e. The molecule has 1 heterocycles. The molecule has 24 heavy (non-hydrogen) atoms. The lowest BCUT2D eigenvalue weighted by Crippen LogP contribution is -2.45. The van der Waals surface area contributed by atoms with E-state index < -0.39 is 5.41 Å². The second-order valence-corrected chi connectivity index (χ2v) is 6.95. The molecule has 1 saturated carbocycles. The number of esters is 1. The predicted molar refractivity (Wildman–Crippen MR) is 92.5 cm³/mol. The minimum Gasteiger partial charge on any atom is -0.466 e. The SMILES string of the molecule is CCOC(=O)C(C)(C)CN(c1nc(Cl)ncc1N=O)C1CCCC1. The molecule has 0 bridgehead atoms. The van der Waals surface area contributed by atoms with E-state index in [2.05, 4.69) is 15.1 Å². The number of nitrogens with zero attached hydrogens (tertiary/aromatic N) is 4. The molecule has 0 unspecified atom stereocenters. The molecular formula is C16H23ClN4O3. The summed E-state index contributed by atoms with van der Waals surface area (Å²) in [6.07, 6.45) is 5.46. The maximum atomic E-state index is 12.3. The Kier molecular flexibility index (Phi) is 6.10. The van der Waals surface area contributed by atoms with Crippen molar-refractivity contribution in [2.24, 2.45) is 10.6 Å². The minimum absolute atomic E-state index is 0.0503. The zero-order valence-corrected chi connectivity index (χ0v) is 15.0. The number of nitroso groups, excluding NO2 is 1. The number of anilines is 1. The molecule has 0 spiro atoms. The van der Waals surface area contributed by atoms with Gasteiger partial charge in [-0.25, -0.2) is 4.98 Å². The molecule has 0 amide bonds. The van der Waals surface area contributed by atoms with Gasteiger partial charge in [0.05, 0.1) is 18.2 Å². The van der Waals surface area contributed by atoms with Crippen LogP contribution in [0.15, 0.2) is 11.4 Å². The Bertz CT molecular complexity index is 603. The van der Waals surface area contributed by atoms with E-state index in [1.165, 1.54) is 6.20 Å². The average Bonchev–Trinajstić information content (AvgIpc) is 3.07. The molecule has 2 rings (SSSR count). The Labute approximate surface area is 146 Å². The first-order valence-corrected chi connectivity index (χ1v) is 8.56. The van der Waals surface area contributed by atoms with Crippen molar-refractivity contribution < 1.29 is 9.53 Å². The highest BCUT2D eigenvalue weighted by Gasteiger charge is 2.36. The molecule has 1 aliphatic carbocycles. The summed E-state index contributed by atoms with van der Waals surface area (Å²) in [6.45, 7) is 6.12. The molecule has 1 fully saturated rings. The van der Waals surface area contributed by atoms with Crippen LogP contribution in [-0.2, 0) is 9.53 Å². The number of carbonyl (C=O) groups excluding carboxylic acids is 1. The van der Waals surface area contributed by atoms with Gasteiger partial charge < -0.3 is 9.64 Å². The summed E-state index contributed by atoms with van der Waals surface area (Å²) in [6, 6.07) is 0.185. The highest BCUT2D eigenvalue weighted by Crippen LogP contribution is 2.36. The van der Waals surface area contributed by atoms with Gasteiger partial charge in [0, 0.05) is 12.6 Å². The topological polar surface area (TPSA) is 84.8 Å². The third-order valence-electron chi connectivity index (χ3n) is 4.25. The van der Waals surface area contributed by atoms with Crippen molar-refractivity contribution >= 4 is 29.1 Å². The fraction of sp³-hybridized carbons (Fsp3) is 0.688. The largest absolute Gasteiger partial charge is 0.466 e. The second-order valence-electron chi connectivity index (χ2n) is 6.61. The van der Waals surface area contributed by atoms with Gasteiger partial charge in [0.15, 0.2) is 11.5 Å². The zero-order valence-electron chi connectivity index (χ0n) is 14.3. The molecule has 1 aromatic rings. The van der Waals surface area contributed by atoms with Gasteiger partial charge in [-0.2, -0.15) is 4.98 Å². The van der Waals surface area contributed by atoms with Crippen LogP contribution in [-0.4, -0.2) is 35.1 Å². The molecule has 0 atom stereocenters.